The average Bonchev–Trinajstić information content (AvgIpc) is 2.93. The lowest BCUT2D eigenvalue weighted by Crippen LogP contribution is -2.39. The first-order valence-corrected chi connectivity index (χ1v) is 9.41. The normalized spacial score (nSPS) is 20.1. The van der Waals surface area contributed by atoms with E-state index in [4.69, 9.17) is 0 Å². The number of amides is 1. The van der Waals surface area contributed by atoms with Crippen LogP contribution in [-0.4, -0.2) is 64.7 Å². The Bertz CT molecular complexity index is 777. The summed E-state index contributed by atoms with van der Waals surface area (Å²) >= 11 is 0. The summed E-state index contributed by atoms with van der Waals surface area (Å²) in [5.41, 5.74) is 2.98. The molecule has 5 nitrogen and oxygen atoms in total. The van der Waals surface area contributed by atoms with Crippen molar-refractivity contribution in [2.45, 2.75) is 38.3 Å². The van der Waals surface area contributed by atoms with Crippen LogP contribution < -0.4 is 0 Å². The van der Waals surface area contributed by atoms with Crippen LogP contribution in [0, 0.1) is 0 Å². The van der Waals surface area contributed by atoms with Crippen LogP contribution in [0.1, 0.15) is 35.3 Å². The zero-order valence-corrected chi connectivity index (χ0v) is 14.9. The number of fused-ring (bicyclic) bond motifs is 3. The van der Waals surface area contributed by atoms with Crippen molar-refractivity contribution in [2.24, 2.45) is 0 Å². The highest BCUT2D eigenvalue weighted by Gasteiger charge is 2.29. The number of hydrogen-bond donors (Lipinski definition) is 1. The number of para-hydroxylation sites is 1. The Balaban J connectivity index is 1.65. The van der Waals surface area contributed by atoms with Crippen molar-refractivity contribution in [3.05, 3.63) is 35.5 Å². The standard InChI is InChI=1S/C20H27N3O2/c1-21-12-9-17-16-7-3-4-8-18(16)23(19(17)20(21)25)14-15(24)13-22-10-5-2-6-11-22/h3-4,7-8,15,24H,2,5-6,9-14H2,1H3/t15-/m1/s1. The van der Waals surface area contributed by atoms with Gasteiger partial charge in [-0.1, -0.05) is 24.6 Å². The van der Waals surface area contributed by atoms with E-state index < -0.39 is 6.10 Å². The van der Waals surface area contributed by atoms with E-state index in [9.17, 15) is 9.90 Å². The molecule has 3 heterocycles. The first-order chi connectivity index (χ1) is 12.1. The SMILES string of the molecule is CN1CCc2c(n(C[C@H](O)CN3CCCCC3)c3ccccc23)C1=O. The topological polar surface area (TPSA) is 48.7 Å². The van der Waals surface area contributed by atoms with E-state index in [-0.39, 0.29) is 5.91 Å². The third-order valence-corrected chi connectivity index (χ3v) is 5.63. The van der Waals surface area contributed by atoms with Gasteiger partial charge in [-0.2, -0.15) is 0 Å². The Morgan fingerprint density at radius 2 is 1.84 bits per heavy atom. The molecule has 1 atom stereocenters. The van der Waals surface area contributed by atoms with Gasteiger partial charge >= 0.3 is 0 Å². The molecule has 134 valence electrons. The number of aliphatic hydroxyl groups is 1. The van der Waals surface area contributed by atoms with Crippen molar-refractivity contribution in [1.29, 1.82) is 0 Å². The Labute approximate surface area is 148 Å². The molecule has 0 aliphatic carbocycles. The van der Waals surface area contributed by atoms with E-state index in [1.54, 1.807) is 4.90 Å². The number of likely N-dealkylation sites (N-methyl/N-ethyl adjacent to an activating group) is 1. The van der Waals surface area contributed by atoms with Gasteiger partial charge in [-0.05, 0) is 44.0 Å². The molecule has 0 spiro atoms. The van der Waals surface area contributed by atoms with Gasteiger partial charge in [0, 0.05) is 31.0 Å². The molecule has 1 amide bonds. The number of aliphatic hydroxyl groups excluding tert-OH is 1. The van der Waals surface area contributed by atoms with Crippen LogP contribution >= 0.6 is 0 Å². The fourth-order valence-corrected chi connectivity index (χ4v) is 4.33. The quantitative estimate of drug-likeness (QED) is 0.927. The van der Waals surface area contributed by atoms with Crippen LogP contribution in [0.15, 0.2) is 24.3 Å². The molecule has 25 heavy (non-hydrogen) atoms. The van der Waals surface area contributed by atoms with Gasteiger partial charge in [-0.3, -0.25) is 4.79 Å². The lowest BCUT2D eigenvalue weighted by molar-refractivity contribution is 0.0743. The van der Waals surface area contributed by atoms with Gasteiger partial charge in [0.05, 0.1) is 12.6 Å². The molecular formula is C20H27N3O2. The summed E-state index contributed by atoms with van der Waals surface area (Å²) in [6, 6.07) is 8.20. The van der Waals surface area contributed by atoms with Gasteiger partial charge in [0.2, 0.25) is 0 Å². The fourth-order valence-electron chi connectivity index (χ4n) is 4.33. The maximum absolute atomic E-state index is 12.8. The molecule has 1 aromatic heterocycles. The van der Waals surface area contributed by atoms with Crippen LogP contribution in [0.25, 0.3) is 10.9 Å². The molecule has 0 bridgehead atoms. The minimum Gasteiger partial charge on any atom is -0.390 e. The second kappa shape index (κ2) is 6.81. The predicted octanol–water partition coefficient (Wildman–Crippen LogP) is 2.12. The molecular weight excluding hydrogens is 314 g/mol. The second-order valence-corrected chi connectivity index (χ2v) is 7.45. The van der Waals surface area contributed by atoms with E-state index in [0.717, 1.165) is 48.2 Å². The first-order valence-electron chi connectivity index (χ1n) is 9.41. The zero-order valence-electron chi connectivity index (χ0n) is 14.9. The molecule has 0 unspecified atom stereocenters. The molecule has 1 N–H and O–H groups in total. The third kappa shape index (κ3) is 3.07. The number of likely N-dealkylation sites (tertiary alicyclic amines) is 1. The average molecular weight is 341 g/mol. The number of β-amino-alcohol motifs (C(OH)–C–C–N with tert-alkyl or cyclic N) is 1. The largest absolute Gasteiger partial charge is 0.390 e. The molecule has 0 saturated carbocycles. The Morgan fingerprint density at radius 1 is 1.08 bits per heavy atom. The number of hydrogen-bond acceptors (Lipinski definition) is 3. The van der Waals surface area contributed by atoms with Crippen molar-refractivity contribution in [1.82, 2.24) is 14.4 Å². The zero-order chi connectivity index (χ0) is 17.4. The summed E-state index contributed by atoms with van der Waals surface area (Å²) < 4.78 is 2.05. The predicted molar refractivity (Wildman–Crippen MR) is 98.9 cm³/mol. The highest BCUT2D eigenvalue weighted by molar-refractivity contribution is 6.02. The van der Waals surface area contributed by atoms with Crippen molar-refractivity contribution >= 4 is 16.8 Å². The van der Waals surface area contributed by atoms with E-state index in [2.05, 4.69) is 21.6 Å². The van der Waals surface area contributed by atoms with Gasteiger partial charge in [-0.25, -0.2) is 0 Å². The summed E-state index contributed by atoms with van der Waals surface area (Å²) in [5, 5.41) is 11.9. The van der Waals surface area contributed by atoms with Crippen molar-refractivity contribution in [3.8, 4) is 0 Å². The summed E-state index contributed by atoms with van der Waals surface area (Å²) in [6.07, 6.45) is 4.16. The molecule has 4 rings (SSSR count). The lowest BCUT2D eigenvalue weighted by Gasteiger charge is -2.29. The van der Waals surface area contributed by atoms with Crippen molar-refractivity contribution in [2.75, 3.05) is 33.2 Å². The molecule has 2 aliphatic heterocycles. The molecule has 2 aromatic rings. The smallest absolute Gasteiger partial charge is 0.270 e. The summed E-state index contributed by atoms with van der Waals surface area (Å²) in [6.45, 7) is 4.07. The highest BCUT2D eigenvalue weighted by atomic mass is 16.3. The van der Waals surface area contributed by atoms with Gasteiger partial charge in [0.1, 0.15) is 5.69 Å². The van der Waals surface area contributed by atoms with Crippen molar-refractivity contribution < 1.29 is 9.90 Å². The molecule has 2 aliphatic rings. The minimum absolute atomic E-state index is 0.0719. The first kappa shape index (κ1) is 16.6. The van der Waals surface area contributed by atoms with Gasteiger partial charge < -0.3 is 19.5 Å². The van der Waals surface area contributed by atoms with E-state index >= 15 is 0 Å². The number of nitrogens with zero attached hydrogens (tertiary/aromatic N) is 3. The van der Waals surface area contributed by atoms with E-state index in [0.29, 0.717) is 13.1 Å². The second-order valence-electron chi connectivity index (χ2n) is 7.45. The maximum Gasteiger partial charge on any atom is 0.270 e. The fraction of sp³-hybridized carbons (Fsp3) is 0.550. The van der Waals surface area contributed by atoms with Crippen LogP contribution in [0.3, 0.4) is 0 Å². The van der Waals surface area contributed by atoms with Crippen LogP contribution in [0.5, 0.6) is 0 Å². The van der Waals surface area contributed by atoms with E-state index in [1.165, 1.54) is 19.3 Å². The lowest BCUT2D eigenvalue weighted by atomic mass is 10.0. The third-order valence-electron chi connectivity index (χ3n) is 5.63. The number of benzene rings is 1. The molecule has 0 radical (unpaired) electrons. The number of carbonyl (C=O) groups is 1. The van der Waals surface area contributed by atoms with Crippen LogP contribution in [-0.2, 0) is 13.0 Å². The van der Waals surface area contributed by atoms with Gasteiger partial charge in [-0.15, -0.1) is 0 Å². The summed E-state index contributed by atoms with van der Waals surface area (Å²) in [7, 11) is 1.86. The summed E-state index contributed by atoms with van der Waals surface area (Å²) in [4.78, 5) is 16.9. The van der Waals surface area contributed by atoms with Crippen LogP contribution in [0.4, 0.5) is 0 Å². The molecule has 1 fully saturated rings. The van der Waals surface area contributed by atoms with Crippen LogP contribution in [0.2, 0.25) is 0 Å². The Hall–Kier alpha value is -1.85. The highest BCUT2D eigenvalue weighted by Crippen LogP contribution is 2.30. The van der Waals surface area contributed by atoms with Gasteiger partial charge in [0.15, 0.2) is 0 Å². The number of piperidine rings is 1. The molecule has 1 aromatic carbocycles. The molecule has 5 heteroatoms. The van der Waals surface area contributed by atoms with Crippen molar-refractivity contribution in [3.63, 3.8) is 0 Å². The minimum atomic E-state index is -0.460. The van der Waals surface area contributed by atoms with E-state index in [1.807, 2.05) is 19.2 Å². The Kier molecular flexibility index (Phi) is 4.52. The number of carbonyl (C=O) groups excluding carboxylic acids is 1. The number of rotatable bonds is 4. The monoisotopic (exact) mass is 341 g/mol. The Morgan fingerprint density at radius 3 is 2.64 bits per heavy atom. The summed E-state index contributed by atoms with van der Waals surface area (Å²) in [5.74, 6) is 0.0719. The van der Waals surface area contributed by atoms with Gasteiger partial charge in [0.25, 0.3) is 5.91 Å². The number of aromatic nitrogens is 1. The molecule has 1 saturated heterocycles. The maximum atomic E-state index is 12.8.